The van der Waals surface area contributed by atoms with Crippen LogP contribution in [0.5, 0.6) is 0 Å². The van der Waals surface area contributed by atoms with E-state index >= 15 is 0 Å². The summed E-state index contributed by atoms with van der Waals surface area (Å²) in [6.45, 7) is 8.26. The Morgan fingerprint density at radius 2 is 2.05 bits per heavy atom. The average molecular weight is 333 g/mol. The minimum atomic E-state index is -0.859. The van der Waals surface area contributed by atoms with Crippen LogP contribution in [0.4, 0.5) is 5.69 Å². The number of nitrogens with zero attached hydrogens (tertiary/aromatic N) is 1. The van der Waals surface area contributed by atoms with E-state index in [0.29, 0.717) is 28.8 Å². The summed E-state index contributed by atoms with van der Waals surface area (Å²) in [5, 5.41) is 13.6. The molecule has 1 aromatic carbocycles. The van der Waals surface area contributed by atoms with E-state index in [9.17, 15) is 9.90 Å². The fourth-order valence-corrected chi connectivity index (χ4v) is 2.47. The van der Waals surface area contributed by atoms with Gasteiger partial charge in [0.1, 0.15) is 0 Å². The lowest BCUT2D eigenvalue weighted by atomic mass is 10.1. The zero-order valence-corrected chi connectivity index (χ0v) is 14.3. The van der Waals surface area contributed by atoms with Gasteiger partial charge >= 0.3 is 0 Å². The van der Waals surface area contributed by atoms with Crippen molar-refractivity contribution < 1.29 is 9.90 Å². The third-order valence-electron chi connectivity index (χ3n) is 3.11. The highest BCUT2D eigenvalue weighted by molar-refractivity contribution is 6.36. The lowest BCUT2D eigenvalue weighted by Gasteiger charge is -2.32. The van der Waals surface area contributed by atoms with E-state index in [0.717, 1.165) is 0 Å². The topological polar surface area (TPSA) is 52.6 Å². The fraction of sp³-hybridized carbons (Fsp3) is 0.533. The predicted molar refractivity (Wildman–Crippen MR) is 88.1 cm³/mol. The lowest BCUT2D eigenvalue weighted by molar-refractivity contribution is -0.121. The molecule has 0 aliphatic carbocycles. The summed E-state index contributed by atoms with van der Waals surface area (Å²) in [6.07, 6.45) is 0. The van der Waals surface area contributed by atoms with E-state index < -0.39 is 5.60 Å². The quantitative estimate of drug-likeness (QED) is 0.839. The van der Waals surface area contributed by atoms with E-state index in [1.165, 1.54) is 0 Å². The maximum absolute atomic E-state index is 12.3. The average Bonchev–Trinajstić information content (AvgIpc) is 2.37. The molecule has 4 nitrogen and oxygen atoms in total. The Morgan fingerprint density at radius 3 is 2.52 bits per heavy atom. The van der Waals surface area contributed by atoms with Crippen molar-refractivity contribution in [3.05, 3.63) is 28.2 Å². The highest BCUT2D eigenvalue weighted by Gasteiger charge is 2.25. The van der Waals surface area contributed by atoms with Gasteiger partial charge in [-0.1, -0.05) is 30.1 Å². The van der Waals surface area contributed by atoms with Crippen molar-refractivity contribution in [3.8, 4) is 0 Å². The first-order chi connectivity index (χ1) is 9.64. The number of aliphatic hydroxyl groups is 1. The number of amides is 1. The van der Waals surface area contributed by atoms with Crippen LogP contribution in [0.1, 0.15) is 27.7 Å². The number of carbonyl (C=O) groups is 1. The first-order valence-corrected chi connectivity index (χ1v) is 7.62. The standard InChI is InChI=1S/C15H22Cl2N2O2/c1-5-19(9-15(3,4)21)10(2)14(20)18-13-7-6-11(16)8-12(13)17/h6-8,10,21H,5,9H2,1-4H3,(H,18,20). The van der Waals surface area contributed by atoms with Gasteiger partial charge in [0.25, 0.3) is 0 Å². The fourth-order valence-electron chi connectivity index (χ4n) is 2.01. The van der Waals surface area contributed by atoms with E-state index in [1.807, 2.05) is 11.8 Å². The van der Waals surface area contributed by atoms with Crippen molar-refractivity contribution in [1.82, 2.24) is 4.90 Å². The third-order valence-corrected chi connectivity index (χ3v) is 3.66. The molecule has 0 aliphatic rings. The van der Waals surface area contributed by atoms with Crippen LogP contribution in [0.25, 0.3) is 0 Å². The van der Waals surface area contributed by atoms with Gasteiger partial charge in [-0.15, -0.1) is 0 Å². The molecular formula is C15H22Cl2N2O2. The Morgan fingerprint density at radius 1 is 1.43 bits per heavy atom. The summed E-state index contributed by atoms with van der Waals surface area (Å²) in [7, 11) is 0. The van der Waals surface area contributed by atoms with Gasteiger partial charge < -0.3 is 10.4 Å². The van der Waals surface area contributed by atoms with Gasteiger partial charge in [0, 0.05) is 11.6 Å². The minimum absolute atomic E-state index is 0.176. The number of rotatable bonds is 6. The zero-order valence-electron chi connectivity index (χ0n) is 12.8. The monoisotopic (exact) mass is 332 g/mol. The Kier molecular flexibility index (Phi) is 6.47. The molecule has 2 N–H and O–H groups in total. The van der Waals surface area contributed by atoms with E-state index in [-0.39, 0.29) is 11.9 Å². The third kappa shape index (κ3) is 5.83. The van der Waals surface area contributed by atoms with Gasteiger partial charge in [0.2, 0.25) is 5.91 Å². The Balaban J connectivity index is 2.77. The molecule has 0 fully saturated rings. The van der Waals surface area contributed by atoms with Crippen molar-refractivity contribution in [1.29, 1.82) is 0 Å². The molecule has 0 saturated carbocycles. The maximum Gasteiger partial charge on any atom is 0.241 e. The molecule has 1 unspecified atom stereocenters. The number of halogens is 2. The second kappa shape index (κ2) is 7.45. The van der Waals surface area contributed by atoms with Gasteiger partial charge in [-0.2, -0.15) is 0 Å². The number of anilines is 1. The molecule has 0 bridgehead atoms. The number of benzene rings is 1. The molecule has 21 heavy (non-hydrogen) atoms. The van der Waals surface area contributed by atoms with Crippen molar-refractivity contribution in [2.45, 2.75) is 39.3 Å². The molecule has 1 rings (SSSR count). The van der Waals surface area contributed by atoms with Crippen molar-refractivity contribution >= 4 is 34.8 Å². The summed E-state index contributed by atoms with van der Waals surface area (Å²) in [5.41, 5.74) is -0.333. The van der Waals surface area contributed by atoms with Gasteiger partial charge in [-0.25, -0.2) is 0 Å². The molecule has 1 amide bonds. The van der Waals surface area contributed by atoms with E-state index in [4.69, 9.17) is 23.2 Å². The van der Waals surface area contributed by atoms with Crippen LogP contribution in [0.2, 0.25) is 10.0 Å². The smallest absolute Gasteiger partial charge is 0.241 e. The highest BCUT2D eigenvalue weighted by Crippen LogP contribution is 2.25. The largest absolute Gasteiger partial charge is 0.389 e. The highest BCUT2D eigenvalue weighted by atomic mass is 35.5. The summed E-state index contributed by atoms with van der Waals surface area (Å²) in [4.78, 5) is 14.2. The van der Waals surface area contributed by atoms with Crippen LogP contribution in [-0.4, -0.2) is 40.6 Å². The first-order valence-electron chi connectivity index (χ1n) is 6.86. The molecule has 0 aromatic heterocycles. The molecule has 0 heterocycles. The summed E-state index contributed by atoms with van der Waals surface area (Å²) in [5.74, 6) is -0.176. The zero-order chi connectivity index (χ0) is 16.2. The molecule has 0 radical (unpaired) electrons. The summed E-state index contributed by atoms with van der Waals surface area (Å²) < 4.78 is 0. The van der Waals surface area contributed by atoms with Crippen LogP contribution in [-0.2, 0) is 4.79 Å². The molecule has 1 aromatic rings. The Hall–Kier alpha value is -0.810. The first kappa shape index (κ1) is 18.2. The van der Waals surface area contributed by atoms with Crippen LogP contribution in [0.15, 0.2) is 18.2 Å². The molecule has 6 heteroatoms. The number of hydrogen-bond donors (Lipinski definition) is 2. The predicted octanol–water partition coefficient (Wildman–Crippen LogP) is 3.41. The van der Waals surface area contributed by atoms with Crippen molar-refractivity contribution in [2.75, 3.05) is 18.4 Å². The van der Waals surface area contributed by atoms with Gasteiger partial charge in [0.15, 0.2) is 0 Å². The molecule has 1 atom stereocenters. The lowest BCUT2D eigenvalue weighted by Crippen LogP contribution is -2.48. The normalized spacial score (nSPS) is 13.3. The van der Waals surface area contributed by atoms with Gasteiger partial charge in [-0.05, 0) is 45.5 Å². The SMILES string of the molecule is CCN(CC(C)(C)O)C(C)C(=O)Nc1ccc(Cl)cc1Cl. The molecule has 118 valence electrons. The van der Waals surface area contributed by atoms with Crippen LogP contribution < -0.4 is 5.32 Å². The second-order valence-electron chi connectivity index (χ2n) is 5.66. The van der Waals surface area contributed by atoms with Crippen LogP contribution >= 0.6 is 23.2 Å². The Labute approximate surface area is 136 Å². The van der Waals surface area contributed by atoms with E-state index in [1.54, 1.807) is 39.0 Å². The molecule has 0 spiro atoms. The maximum atomic E-state index is 12.3. The number of nitrogens with one attached hydrogen (secondary N) is 1. The summed E-state index contributed by atoms with van der Waals surface area (Å²) >= 11 is 11.9. The van der Waals surface area contributed by atoms with Crippen molar-refractivity contribution in [2.24, 2.45) is 0 Å². The number of carbonyl (C=O) groups excluding carboxylic acids is 1. The summed E-state index contributed by atoms with van der Waals surface area (Å²) in [6, 6.07) is 4.54. The number of hydrogen-bond acceptors (Lipinski definition) is 3. The second-order valence-corrected chi connectivity index (χ2v) is 6.51. The number of likely N-dealkylation sites (N-methyl/N-ethyl adjacent to an activating group) is 1. The van der Waals surface area contributed by atoms with Gasteiger partial charge in [0.05, 0.1) is 22.4 Å². The molecule has 0 saturated heterocycles. The van der Waals surface area contributed by atoms with Crippen molar-refractivity contribution in [3.63, 3.8) is 0 Å². The van der Waals surface area contributed by atoms with Crippen LogP contribution in [0, 0.1) is 0 Å². The van der Waals surface area contributed by atoms with Crippen LogP contribution in [0.3, 0.4) is 0 Å². The van der Waals surface area contributed by atoms with E-state index in [2.05, 4.69) is 5.32 Å². The van der Waals surface area contributed by atoms with Gasteiger partial charge in [-0.3, -0.25) is 9.69 Å². The molecular weight excluding hydrogens is 311 g/mol. The minimum Gasteiger partial charge on any atom is -0.389 e. The Bertz CT molecular complexity index is 501. The molecule has 0 aliphatic heterocycles.